The largest absolute Gasteiger partial charge is 0.497 e. The summed E-state index contributed by atoms with van der Waals surface area (Å²) in [6.07, 6.45) is 0. The first-order chi connectivity index (χ1) is 14.3. The Hall–Kier alpha value is -3.32. The zero-order valence-electron chi connectivity index (χ0n) is 17.0. The number of aryl methyl sites for hydroxylation is 1. The summed E-state index contributed by atoms with van der Waals surface area (Å²) >= 11 is 0. The van der Waals surface area contributed by atoms with E-state index in [1.807, 2.05) is 38.1 Å². The van der Waals surface area contributed by atoms with Crippen molar-refractivity contribution < 1.29 is 17.9 Å². The van der Waals surface area contributed by atoms with Crippen molar-refractivity contribution in [2.75, 3.05) is 11.8 Å². The number of hydrogen-bond donors (Lipinski definition) is 2. The molecule has 0 bridgehead atoms. The van der Waals surface area contributed by atoms with E-state index in [1.165, 1.54) is 0 Å². The van der Waals surface area contributed by atoms with Crippen molar-refractivity contribution in [2.45, 2.75) is 24.8 Å². The molecule has 0 spiro atoms. The molecule has 0 heterocycles. The lowest BCUT2D eigenvalue weighted by Crippen LogP contribution is -2.26. The number of amides is 1. The molecule has 2 N–H and O–H groups in total. The number of methoxy groups -OCH3 is 1. The Morgan fingerprint density at radius 3 is 2.07 bits per heavy atom. The van der Waals surface area contributed by atoms with Gasteiger partial charge in [0.1, 0.15) is 5.75 Å². The number of sulfonamides is 1. The van der Waals surface area contributed by atoms with Gasteiger partial charge >= 0.3 is 0 Å². The Balaban J connectivity index is 1.65. The van der Waals surface area contributed by atoms with Crippen molar-refractivity contribution in [3.8, 4) is 5.75 Å². The number of carbonyl (C=O) groups is 1. The van der Waals surface area contributed by atoms with Crippen molar-refractivity contribution >= 4 is 21.6 Å². The number of nitrogens with one attached hydrogen (secondary N) is 2. The molecule has 7 heteroatoms. The molecule has 0 unspecified atom stereocenters. The van der Waals surface area contributed by atoms with Gasteiger partial charge in [0.15, 0.2) is 0 Å². The zero-order chi connectivity index (χ0) is 21.7. The fraction of sp³-hybridized carbons (Fsp3) is 0.174. The molecule has 3 aromatic rings. The predicted molar refractivity (Wildman–Crippen MR) is 117 cm³/mol. The summed E-state index contributed by atoms with van der Waals surface area (Å²) in [6, 6.07) is 20.2. The number of ether oxygens (including phenoxy) is 1. The van der Waals surface area contributed by atoms with Crippen LogP contribution >= 0.6 is 0 Å². The Morgan fingerprint density at radius 2 is 1.50 bits per heavy atom. The minimum atomic E-state index is -3.68. The van der Waals surface area contributed by atoms with Gasteiger partial charge in [-0.3, -0.25) is 9.52 Å². The number of rotatable bonds is 7. The van der Waals surface area contributed by atoms with Crippen LogP contribution in [0.2, 0.25) is 0 Å². The predicted octanol–water partition coefficient (Wildman–Crippen LogP) is 4.30. The molecular weight excluding hydrogens is 400 g/mol. The maximum absolute atomic E-state index is 12.5. The third kappa shape index (κ3) is 5.18. The van der Waals surface area contributed by atoms with Gasteiger partial charge in [0.05, 0.1) is 18.0 Å². The molecule has 0 radical (unpaired) electrons. The van der Waals surface area contributed by atoms with Crippen LogP contribution in [-0.4, -0.2) is 21.4 Å². The highest BCUT2D eigenvalue weighted by Crippen LogP contribution is 2.19. The van der Waals surface area contributed by atoms with Gasteiger partial charge in [0.25, 0.3) is 15.9 Å². The molecule has 0 aliphatic heterocycles. The molecule has 0 saturated carbocycles. The van der Waals surface area contributed by atoms with E-state index in [0.29, 0.717) is 11.3 Å². The van der Waals surface area contributed by atoms with Crippen molar-refractivity contribution in [3.63, 3.8) is 0 Å². The summed E-state index contributed by atoms with van der Waals surface area (Å²) in [6.45, 7) is 3.78. The van der Waals surface area contributed by atoms with Crippen LogP contribution in [0.5, 0.6) is 5.75 Å². The molecule has 3 rings (SSSR count). The highest BCUT2D eigenvalue weighted by Gasteiger charge is 2.15. The highest BCUT2D eigenvalue weighted by atomic mass is 32.2. The summed E-state index contributed by atoms with van der Waals surface area (Å²) in [4.78, 5) is 12.7. The molecular formula is C23H24N2O4S. The molecule has 0 aliphatic rings. The van der Waals surface area contributed by atoms with Crippen LogP contribution in [0.3, 0.4) is 0 Å². The molecule has 0 fully saturated rings. The lowest BCUT2D eigenvalue weighted by atomic mass is 10.1. The van der Waals surface area contributed by atoms with E-state index in [0.717, 1.165) is 16.9 Å². The maximum atomic E-state index is 12.5. The van der Waals surface area contributed by atoms with Crippen LogP contribution in [-0.2, 0) is 10.0 Å². The standard InChI is InChI=1S/C23H24N2O4S/c1-16-4-14-22(15-5-16)30(27,28)25-20-10-6-19(7-11-20)23(26)24-17(2)18-8-12-21(29-3)13-9-18/h4-15,17,25H,1-3H3,(H,24,26)/t17-/m1/s1. The average molecular weight is 425 g/mol. The third-order valence-electron chi connectivity index (χ3n) is 4.69. The van der Waals surface area contributed by atoms with Crippen LogP contribution in [0.4, 0.5) is 5.69 Å². The minimum Gasteiger partial charge on any atom is -0.497 e. The maximum Gasteiger partial charge on any atom is 0.261 e. The van der Waals surface area contributed by atoms with Gasteiger partial charge in [0.2, 0.25) is 0 Å². The molecule has 1 atom stereocenters. The van der Waals surface area contributed by atoms with Crippen LogP contribution in [0.15, 0.2) is 77.7 Å². The normalized spacial score (nSPS) is 12.1. The quantitative estimate of drug-likeness (QED) is 0.592. The molecule has 1 amide bonds. The van der Waals surface area contributed by atoms with E-state index in [2.05, 4.69) is 10.0 Å². The van der Waals surface area contributed by atoms with Gasteiger partial charge in [-0.25, -0.2) is 8.42 Å². The molecule has 3 aromatic carbocycles. The van der Waals surface area contributed by atoms with Gasteiger partial charge < -0.3 is 10.1 Å². The second kappa shape index (κ2) is 9.00. The van der Waals surface area contributed by atoms with E-state index >= 15 is 0 Å². The molecule has 156 valence electrons. The highest BCUT2D eigenvalue weighted by molar-refractivity contribution is 7.92. The fourth-order valence-electron chi connectivity index (χ4n) is 2.88. The number of anilines is 1. The molecule has 6 nitrogen and oxygen atoms in total. The monoisotopic (exact) mass is 424 g/mol. The van der Waals surface area contributed by atoms with Crippen molar-refractivity contribution in [2.24, 2.45) is 0 Å². The Labute approximate surface area is 177 Å². The summed E-state index contributed by atoms with van der Waals surface area (Å²) in [7, 11) is -2.08. The number of carbonyl (C=O) groups excluding carboxylic acids is 1. The lowest BCUT2D eigenvalue weighted by Gasteiger charge is -2.15. The first kappa shape index (κ1) is 21.4. The Bertz CT molecular complexity index is 1110. The lowest BCUT2D eigenvalue weighted by molar-refractivity contribution is 0.0940. The second-order valence-electron chi connectivity index (χ2n) is 6.96. The fourth-order valence-corrected chi connectivity index (χ4v) is 3.94. The molecule has 0 aromatic heterocycles. The molecule has 0 saturated heterocycles. The van der Waals surface area contributed by atoms with Crippen molar-refractivity contribution in [1.29, 1.82) is 0 Å². The Morgan fingerprint density at radius 1 is 0.900 bits per heavy atom. The van der Waals surface area contributed by atoms with E-state index in [9.17, 15) is 13.2 Å². The van der Waals surface area contributed by atoms with Crippen LogP contribution in [0.25, 0.3) is 0 Å². The van der Waals surface area contributed by atoms with E-state index in [1.54, 1.807) is 55.6 Å². The Kier molecular flexibility index (Phi) is 6.42. The van der Waals surface area contributed by atoms with Crippen LogP contribution in [0.1, 0.15) is 34.5 Å². The zero-order valence-corrected chi connectivity index (χ0v) is 17.9. The summed E-state index contributed by atoms with van der Waals surface area (Å²) < 4.78 is 32.6. The number of hydrogen-bond acceptors (Lipinski definition) is 4. The van der Waals surface area contributed by atoms with Crippen molar-refractivity contribution in [3.05, 3.63) is 89.5 Å². The van der Waals surface area contributed by atoms with E-state index in [-0.39, 0.29) is 16.8 Å². The topological polar surface area (TPSA) is 84.5 Å². The van der Waals surface area contributed by atoms with Gasteiger partial charge in [-0.2, -0.15) is 0 Å². The SMILES string of the molecule is COc1ccc([C@@H](C)NC(=O)c2ccc(NS(=O)(=O)c3ccc(C)cc3)cc2)cc1. The first-order valence-corrected chi connectivity index (χ1v) is 10.9. The van der Waals surface area contributed by atoms with E-state index in [4.69, 9.17) is 4.74 Å². The minimum absolute atomic E-state index is 0.184. The summed E-state index contributed by atoms with van der Waals surface area (Å²) in [5.74, 6) is 0.507. The first-order valence-electron chi connectivity index (χ1n) is 9.43. The van der Waals surface area contributed by atoms with Crippen LogP contribution < -0.4 is 14.8 Å². The molecule has 0 aliphatic carbocycles. The second-order valence-corrected chi connectivity index (χ2v) is 8.65. The average Bonchev–Trinajstić information content (AvgIpc) is 2.74. The van der Waals surface area contributed by atoms with Gasteiger partial charge in [-0.05, 0) is 67.9 Å². The summed E-state index contributed by atoms with van der Waals surface area (Å²) in [5, 5.41) is 2.93. The van der Waals surface area contributed by atoms with E-state index < -0.39 is 10.0 Å². The van der Waals surface area contributed by atoms with Gasteiger partial charge in [-0.1, -0.05) is 29.8 Å². The third-order valence-corrected chi connectivity index (χ3v) is 6.09. The number of benzene rings is 3. The smallest absolute Gasteiger partial charge is 0.261 e. The van der Waals surface area contributed by atoms with Gasteiger partial charge in [-0.15, -0.1) is 0 Å². The van der Waals surface area contributed by atoms with Crippen molar-refractivity contribution in [1.82, 2.24) is 5.32 Å². The van der Waals surface area contributed by atoms with Crippen LogP contribution in [0, 0.1) is 6.92 Å². The van der Waals surface area contributed by atoms with Gasteiger partial charge in [0, 0.05) is 11.3 Å². The molecule has 30 heavy (non-hydrogen) atoms. The summed E-state index contributed by atoms with van der Waals surface area (Å²) in [5.41, 5.74) is 2.75.